The normalized spacial score (nSPS) is 21.6. The van der Waals surface area contributed by atoms with Crippen LogP contribution >= 0.6 is 15.9 Å². The highest BCUT2D eigenvalue weighted by Crippen LogP contribution is 2.19. The van der Waals surface area contributed by atoms with Gasteiger partial charge in [-0.1, -0.05) is 13.8 Å². The van der Waals surface area contributed by atoms with Crippen LogP contribution in [0.25, 0.3) is 0 Å². The van der Waals surface area contributed by atoms with Gasteiger partial charge in [-0.25, -0.2) is 4.98 Å². The zero-order chi connectivity index (χ0) is 14.9. The van der Waals surface area contributed by atoms with E-state index in [1.165, 1.54) is 0 Å². The molecule has 1 aliphatic rings. The van der Waals surface area contributed by atoms with Crippen molar-refractivity contribution in [3.8, 4) is 0 Å². The van der Waals surface area contributed by atoms with Gasteiger partial charge in [0, 0.05) is 32.1 Å². The molecular weight excluding hydrogens is 320 g/mol. The van der Waals surface area contributed by atoms with Gasteiger partial charge in [-0.15, -0.1) is 0 Å². The van der Waals surface area contributed by atoms with Gasteiger partial charge in [-0.3, -0.25) is 4.79 Å². The van der Waals surface area contributed by atoms with Crippen molar-refractivity contribution in [2.24, 2.45) is 0 Å². The lowest BCUT2D eigenvalue weighted by Gasteiger charge is -2.37. The van der Waals surface area contributed by atoms with Crippen LogP contribution in [0, 0.1) is 0 Å². The summed E-state index contributed by atoms with van der Waals surface area (Å²) in [4.78, 5) is 24.2. The quantitative estimate of drug-likeness (QED) is 0.903. The second-order valence-electron chi connectivity index (χ2n) is 5.97. The maximum atomic E-state index is 12.0. The van der Waals surface area contributed by atoms with Crippen LogP contribution in [0.2, 0.25) is 0 Å². The molecule has 1 aromatic rings. The Morgan fingerprint density at radius 2 is 2.10 bits per heavy atom. The van der Waals surface area contributed by atoms with Crippen molar-refractivity contribution in [2.75, 3.05) is 33.7 Å². The van der Waals surface area contributed by atoms with Crippen LogP contribution in [-0.2, 0) is 6.42 Å². The molecule has 0 bridgehead atoms. The van der Waals surface area contributed by atoms with Crippen LogP contribution < -0.4 is 5.56 Å². The summed E-state index contributed by atoms with van der Waals surface area (Å²) < 4.78 is 0.561. The predicted octanol–water partition coefficient (Wildman–Crippen LogP) is 1.44. The molecule has 6 heteroatoms. The highest BCUT2D eigenvalue weighted by atomic mass is 79.9. The maximum absolute atomic E-state index is 12.0. The number of halogens is 1. The van der Waals surface area contributed by atoms with Crippen LogP contribution in [0.5, 0.6) is 0 Å². The van der Waals surface area contributed by atoms with Crippen molar-refractivity contribution in [2.45, 2.75) is 32.2 Å². The molecule has 1 saturated heterocycles. The topological polar surface area (TPSA) is 52.2 Å². The first-order valence-corrected chi connectivity index (χ1v) is 7.85. The lowest BCUT2D eigenvalue weighted by molar-refractivity contribution is 0.113. The molecule has 0 saturated carbocycles. The minimum absolute atomic E-state index is 0.0782. The molecule has 0 amide bonds. The van der Waals surface area contributed by atoms with E-state index in [0.717, 1.165) is 37.6 Å². The number of aromatic amines is 1. The largest absolute Gasteiger partial charge is 0.310 e. The van der Waals surface area contributed by atoms with Gasteiger partial charge in [-0.05, 0) is 35.9 Å². The molecule has 20 heavy (non-hydrogen) atoms. The van der Waals surface area contributed by atoms with Crippen molar-refractivity contribution in [1.82, 2.24) is 19.8 Å². The smallest absolute Gasteiger partial charge is 0.265 e. The van der Waals surface area contributed by atoms with E-state index in [9.17, 15) is 4.79 Å². The standard InChI is InChI=1S/C14H23BrN4O/c1-9(2)13-12(15)14(20)17-11(16-13)7-10-8-18(3)5-6-19(10)4/h9-10H,5-8H2,1-4H3,(H,16,17,20). The van der Waals surface area contributed by atoms with Crippen molar-refractivity contribution < 1.29 is 0 Å². The Balaban J connectivity index is 2.23. The zero-order valence-corrected chi connectivity index (χ0v) is 14.2. The average molecular weight is 343 g/mol. The van der Waals surface area contributed by atoms with Gasteiger partial charge < -0.3 is 14.8 Å². The number of rotatable bonds is 3. The number of hydrogen-bond acceptors (Lipinski definition) is 4. The van der Waals surface area contributed by atoms with E-state index in [-0.39, 0.29) is 11.5 Å². The maximum Gasteiger partial charge on any atom is 0.265 e. The van der Waals surface area contributed by atoms with Gasteiger partial charge in [0.15, 0.2) is 0 Å². The SMILES string of the molecule is CC(C)c1nc(CC2CN(C)CCN2C)[nH]c(=O)c1Br. The van der Waals surface area contributed by atoms with Gasteiger partial charge in [0.2, 0.25) is 0 Å². The van der Waals surface area contributed by atoms with Crippen molar-refractivity contribution >= 4 is 15.9 Å². The lowest BCUT2D eigenvalue weighted by Crippen LogP contribution is -2.51. The minimum atomic E-state index is -0.0782. The van der Waals surface area contributed by atoms with E-state index in [2.05, 4.69) is 63.6 Å². The van der Waals surface area contributed by atoms with Crippen LogP contribution in [0.3, 0.4) is 0 Å². The molecule has 0 aromatic carbocycles. The number of likely N-dealkylation sites (N-methyl/N-ethyl adjacent to an activating group) is 2. The fourth-order valence-corrected chi connectivity index (χ4v) is 3.19. The van der Waals surface area contributed by atoms with E-state index in [1.54, 1.807) is 0 Å². The Bertz CT molecular complexity index is 528. The summed E-state index contributed by atoms with van der Waals surface area (Å²) >= 11 is 3.34. The van der Waals surface area contributed by atoms with E-state index < -0.39 is 0 Å². The number of hydrogen-bond donors (Lipinski definition) is 1. The Morgan fingerprint density at radius 1 is 1.40 bits per heavy atom. The van der Waals surface area contributed by atoms with Gasteiger partial charge >= 0.3 is 0 Å². The Kier molecular flexibility index (Phi) is 4.99. The molecule has 2 rings (SSSR count). The molecule has 1 aromatic heterocycles. The average Bonchev–Trinajstić information content (AvgIpc) is 2.37. The Hall–Kier alpha value is -0.720. The molecule has 0 spiro atoms. The first-order valence-electron chi connectivity index (χ1n) is 7.06. The van der Waals surface area contributed by atoms with Crippen LogP contribution in [-0.4, -0.2) is 59.5 Å². The third-order valence-electron chi connectivity index (χ3n) is 3.89. The summed E-state index contributed by atoms with van der Waals surface area (Å²) in [5.74, 6) is 1.02. The molecular formula is C14H23BrN4O. The zero-order valence-electron chi connectivity index (χ0n) is 12.6. The number of nitrogens with zero attached hydrogens (tertiary/aromatic N) is 3. The van der Waals surface area contributed by atoms with Crippen molar-refractivity contribution in [3.05, 3.63) is 26.3 Å². The van der Waals surface area contributed by atoms with Gasteiger partial charge in [0.25, 0.3) is 5.56 Å². The molecule has 1 fully saturated rings. The van der Waals surface area contributed by atoms with Crippen LogP contribution in [0.4, 0.5) is 0 Å². The highest BCUT2D eigenvalue weighted by Gasteiger charge is 2.24. The van der Waals surface area contributed by atoms with E-state index in [0.29, 0.717) is 10.5 Å². The van der Waals surface area contributed by atoms with Gasteiger partial charge in [-0.2, -0.15) is 0 Å². The van der Waals surface area contributed by atoms with E-state index >= 15 is 0 Å². The van der Waals surface area contributed by atoms with Crippen LogP contribution in [0.1, 0.15) is 31.3 Å². The summed E-state index contributed by atoms with van der Waals surface area (Å²) in [6.07, 6.45) is 0.781. The minimum Gasteiger partial charge on any atom is -0.310 e. The molecule has 1 N–H and O–H groups in total. The summed E-state index contributed by atoms with van der Waals surface area (Å²) in [6, 6.07) is 0.401. The third-order valence-corrected chi connectivity index (χ3v) is 4.66. The lowest BCUT2D eigenvalue weighted by atomic mass is 10.1. The van der Waals surface area contributed by atoms with Gasteiger partial charge in [0.05, 0.1) is 5.69 Å². The number of aromatic nitrogens is 2. The number of piperazine rings is 1. The third kappa shape index (κ3) is 3.48. The number of nitrogens with one attached hydrogen (secondary N) is 1. The Labute approximate surface area is 128 Å². The fraction of sp³-hybridized carbons (Fsp3) is 0.714. The monoisotopic (exact) mass is 342 g/mol. The summed E-state index contributed by atoms with van der Waals surface area (Å²) in [7, 11) is 4.27. The second-order valence-corrected chi connectivity index (χ2v) is 6.76. The molecule has 0 aliphatic carbocycles. The summed E-state index contributed by atoms with van der Waals surface area (Å²) in [5, 5.41) is 0. The molecule has 1 aliphatic heterocycles. The van der Waals surface area contributed by atoms with E-state index in [1.807, 2.05) is 0 Å². The summed E-state index contributed by atoms with van der Waals surface area (Å²) in [5.41, 5.74) is 0.765. The first-order chi connectivity index (χ1) is 9.38. The first kappa shape index (κ1) is 15.7. The number of H-pyrrole nitrogens is 1. The molecule has 112 valence electrons. The molecule has 1 atom stereocenters. The Morgan fingerprint density at radius 3 is 2.75 bits per heavy atom. The molecule has 1 unspecified atom stereocenters. The highest BCUT2D eigenvalue weighted by molar-refractivity contribution is 9.10. The van der Waals surface area contributed by atoms with Crippen molar-refractivity contribution in [3.63, 3.8) is 0 Å². The summed E-state index contributed by atoms with van der Waals surface area (Å²) in [6.45, 7) is 7.26. The molecule has 5 nitrogen and oxygen atoms in total. The molecule has 2 heterocycles. The van der Waals surface area contributed by atoms with Crippen molar-refractivity contribution in [1.29, 1.82) is 0 Å². The molecule has 0 radical (unpaired) electrons. The van der Waals surface area contributed by atoms with Crippen LogP contribution in [0.15, 0.2) is 9.27 Å². The predicted molar refractivity (Wildman–Crippen MR) is 84.3 cm³/mol. The van der Waals surface area contributed by atoms with E-state index in [4.69, 9.17) is 0 Å². The van der Waals surface area contributed by atoms with Gasteiger partial charge in [0.1, 0.15) is 10.3 Å². The fourth-order valence-electron chi connectivity index (χ4n) is 2.55. The second kappa shape index (κ2) is 6.37.